The molecule has 1 fully saturated rings. The van der Waals surface area contributed by atoms with E-state index >= 15 is 0 Å². The largest absolute Gasteiger partial charge is 0.348 e. The predicted molar refractivity (Wildman–Crippen MR) is 125 cm³/mol. The molecule has 1 aromatic carbocycles. The van der Waals surface area contributed by atoms with Crippen LogP contribution >= 0.6 is 0 Å². The smallest absolute Gasteiger partial charge is 0.253 e. The van der Waals surface area contributed by atoms with Crippen molar-refractivity contribution in [3.05, 3.63) is 95.5 Å². The Balaban J connectivity index is 1.34. The van der Waals surface area contributed by atoms with E-state index in [0.717, 1.165) is 37.7 Å². The van der Waals surface area contributed by atoms with E-state index in [1.165, 1.54) is 12.1 Å². The minimum absolute atomic E-state index is 0.0260. The molecule has 1 saturated heterocycles. The maximum absolute atomic E-state index is 13.4. The fraction of sp³-hybridized carbons (Fsp3) is 0.280. The summed E-state index contributed by atoms with van der Waals surface area (Å²) in [6.45, 7) is 3.63. The molecular formula is C25H26FN7O. The first-order chi connectivity index (χ1) is 16.6. The first-order valence-corrected chi connectivity index (χ1v) is 11.3. The van der Waals surface area contributed by atoms with Crippen LogP contribution in [0.5, 0.6) is 0 Å². The van der Waals surface area contributed by atoms with Gasteiger partial charge in [-0.3, -0.25) is 24.0 Å². The third kappa shape index (κ3) is 4.80. The topological polar surface area (TPSA) is 78.7 Å². The Bertz CT molecular complexity index is 1290. The predicted octanol–water partition coefficient (Wildman–Crippen LogP) is 2.68. The normalized spacial score (nSPS) is 17.2. The van der Waals surface area contributed by atoms with Crippen LogP contribution in [0.4, 0.5) is 4.39 Å². The van der Waals surface area contributed by atoms with E-state index in [2.05, 4.69) is 37.3 Å². The van der Waals surface area contributed by atoms with Crippen molar-refractivity contribution in [2.45, 2.75) is 19.1 Å². The highest BCUT2D eigenvalue weighted by atomic mass is 19.1. The molecule has 9 heteroatoms. The number of rotatable bonds is 6. The molecule has 1 atom stereocenters. The van der Waals surface area contributed by atoms with Crippen molar-refractivity contribution in [2.24, 2.45) is 0 Å². The number of hydrogen-bond acceptors (Lipinski definition) is 6. The number of nitrogens with one attached hydrogen (secondary N) is 1. The van der Waals surface area contributed by atoms with Gasteiger partial charge < -0.3 is 5.32 Å². The number of nitrogens with zero attached hydrogens (tertiary/aromatic N) is 6. The van der Waals surface area contributed by atoms with Gasteiger partial charge in [-0.25, -0.2) is 4.39 Å². The van der Waals surface area contributed by atoms with Crippen LogP contribution in [-0.4, -0.2) is 62.0 Å². The van der Waals surface area contributed by atoms with Crippen molar-refractivity contribution >= 4 is 11.6 Å². The lowest BCUT2D eigenvalue weighted by Gasteiger charge is -2.38. The third-order valence-corrected chi connectivity index (χ3v) is 6.17. The van der Waals surface area contributed by atoms with Crippen LogP contribution in [-0.2, 0) is 13.1 Å². The molecule has 0 bridgehead atoms. The number of piperazine rings is 1. The van der Waals surface area contributed by atoms with E-state index in [1.54, 1.807) is 30.5 Å². The van der Waals surface area contributed by atoms with Gasteiger partial charge in [-0.05, 0) is 49.0 Å². The van der Waals surface area contributed by atoms with Gasteiger partial charge in [-0.2, -0.15) is 0 Å². The summed E-state index contributed by atoms with van der Waals surface area (Å²) in [4.78, 5) is 21.9. The van der Waals surface area contributed by atoms with Crippen LogP contribution in [0, 0.1) is 5.82 Å². The summed E-state index contributed by atoms with van der Waals surface area (Å²) < 4.78 is 15.3. The summed E-state index contributed by atoms with van der Waals surface area (Å²) in [5.41, 5.74) is 2.92. The lowest BCUT2D eigenvalue weighted by atomic mass is 10.1. The van der Waals surface area contributed by atoms with E-state index in [1.807, 2.05) is 28.8 Å². The summed E-state index contributed by atoms with van der Waals surface area (Å²) >= 11 is 0. The molecule has 1 unspecified atom stereocenters. The number of likely N-dealkylation sites (N-methyl/N-ethyl adjacent to an activating group) is 1. The summed E-state index contributed by atoms with van der Waals surface area (Å²) in [5.74, 6) is 0.235. The molecule has 0 saturated carbocycles. The first kappa shape index (κ1) is 22.1. The summed E-state index contributed by atoms with van der Waals surface area (Å²) in [5, 5.41) is 11.6. The van der Waals surface area contributed by atoms with Crippen LogP contribution in [0.15, 0.2) is 67.0 Å². The third-order valence-electron chi connectivity index (χ3n) is 6.17. The second-order valence-electron chi connectivity index (χ2n) is 8.57. The number of halogens is 1. The molecule has 1 aliphatic heterocycles. The number of pyridine rings is 2. The lowest BCUT2D eigenvalue weighted by Crippen LogP contribution is -2.46. The molecule has 0 aliphatic carbocycles. The average molecular weight is 460 g/mol. The fourth-order valence-corrected chi connectivity index (χ4v) is 4.27. The van der Waals surface area contributed by atoms with Crippen molar-refractivity contribution in [2.75, 3.05) is 26.7 Å². The molecule has 4 heterocycles. The van der Waals surface area contributed by atoms with Gasteiger partial charge in [0, 0.05) is 45.1 Å². The van der Waals surface area contributed by atoms with Crippen LogP contribution in [0.25, 0.3) is 5.65 Å². The minimum atomic E-state index is -0.323. The molecule has 5 rings (SSSR count). The maximum atomic E-state index is 13.4. The summed E-state index contributed by atoms with van der Waals surface area (Å²) in [6, 6.07) is 15.7. The van der Waals surface area contributed by atoms with Gasteiger partial charge in [0.25, 0.3) is 5.91 Å². The zero-order valence-corrected chi connectivity index (χ0v) is 18.9. The maximum Gasteiger partial charge on any atom is 0.253 e. The van der Waals surface area contributed by atoms with Crippen LogP contribution in [0.3, 0.4) is 0 Å². The Morgan fingerprint density at radius 1 is 1.12 bits per heavy atom. The zero-order valence-electron chi connectivity index (χ0n) is 18.9. The second-order valence-corrected chi connectivity index (χ2v) is 8.57. The Morgan fingerprint density at radius 3 is 2.85 bits per heavy atom. The number of fused-ring (bicyclic) bond motifs is 1. The number of aromatic nitrogens is 4. The molecule has 174 valence electrons. The van der Waals surface area contributed by atoms with Crippen molar-refractivity contribution in [3.63, 3.8) is 0 Å². The van der Waals surface area contributed by atoms with Crippen LogP contribution < -0.4 is 5.32 Å². The van der Waals surface area contributed by atoms with Crippen LogP contribution in [0.1, 0.15) is 33.5 Å². The molecule has 1 aliphatic rings. The Hall–Kier alpha value is -3.69. The molecule has 1 amide bonds. The zero-order chi connectivity index (χ0) is 23.5. The van der Waals surface area contributed by atoms with Gasteiger partial charge in [0.2, 0.25) is 0 Å². The van der Waals surface area contributed by atoms with Crippen molar-refractivity contribution in [1.29, 1.82) is 0 Å². The first-order valence-electron chi connectivity index (χ1n) is 11.3. The van der Waals surface area contributed by atoms with Crippen molar-refractivity contribution in [1.82, 2.24) is 34.7 Å². The monoisotopic (exact) mass is 459 g/mol. The standard InChI is InChI=1S/C25H26FN7O/c1-31-11-12-32(16-21-7-2-3-10-27-21)17-22(31)24-30-29-23-9-8-19(15-33(23)24)25(34)28-14-18-5-4-6-20(26)13-18/h2-10,13,15,22H,11-12,14,16-17H2,1H3,(H,28,34). The van der Waals surface area contributed by atoms with Gasteiger partial charge in [-0.15, -0.1) is 10.2 Å². The molecule has 0 radical (unpaired) electrons. The molecule has 1 N–H and O–H groups in total. The Kier molecular flexibility index (Phi) is 6.29. The van der Waals surface area contributed by atoms with Gasteiger partial charge in [0.1, 0.15) is 5.82 Å². The summed E-state index contributed by atoms with van der Waals surface area (Å²) in [7, 11) is 2.08. The molecular weight excluding hydrogens is 433 g/mol. The van der Waals surface area contributed by atoms with E-state index in [4.69, 9.17) is 0 Å². The average Bonchev–Trinajstić information content (AvgIpc) is 3.27. The van der Waals surface area contributed by atoms with Gasteiger partial charge in [0.05, 0.1) is 17.3 Å². The number of carbonyl (C=O) groups is 1. The second kappa shape index (κ2) is 9.66. The fourth-order valence-electron chi connectivity index (χ4n) is 4.27. The van der Waals surface area contributed by atoms with E-state index in [9.17, 15) is 9.18 Å². The van der Waals surface area contributed by atoms with E-state index in [-0.39, 0.29) is 24.3 Å². The Morgan fingerprint density at radius 2 is 2.03 bits per heavy atom. The number of amides is 1. The van der Waals surface area contributed by atoms with Crippen LogP contribution in [0.2, 0.25) is 0 Å². The number of benzene rings is 1. The number of carbonyl (C=O) groups excluding carboxylic acids is 1. The van der Waals surface area contributed by atoms with Crippen molar-refractivity contribution in [3.8, 4) is 0 Å². The molecule has 8 nitrogen and oxygen atoms in total. The van der Waals surface area contributed by atoms with E-state index in [0.29, 0.717) is 16.8 Å². The lowest BCUT2D eigenvalue weighted by molar-refractivity contribution is 0.0844. The Labute approximate surface area is 197 Å². The summed E-state index contributed by atoms with van der Waals surface area (Å²) in [6.07, 6.45) is 3.59. The molecule has 3 aromatic heterocycles. The SMILES string of the molecule is CN1CCN(Cc2ccccn2)CC1c1nnc2ccc(C(=O)NCc3cccc(F)c3)cn12. The van der Waals surface area contributed by atoms with Gasteiger partial charge in [0.15, 0.2) is 11.5 Å². The highest BCUT2D eigenvalue weighted by Gasteiger charge is 2.29. The van der Waals surface area contributed by atoms with E-state index < -0.39 is 0 Å². The molecule has 4 aromatic rings. The van der Waals surface area contributed by atoms with Gasteiger partial charge in [-0.1, -0.05) is 18.2 Å². The highest BCUT2D eigenvalue weighted by molar-refractivity contribution is 5.94. The molecule has 34 heavy (non-hydrogen) atoms. The highest BCUT2D eigenvalue weighted by Crippen LogP contribution is 2.24. The van der Waals surface area contributed by atoms with Crippen molar-refractivity contribution < 1.29 is 9.18 Å². The molecule has 0 spiro atoms. The van der Waals surface area contributed by atoms with Gasteiger partial charge >= 0.3 is 0 Å². The quantitative estimate of drug-likeness (QED) is 0.478. The minimum Gasteiger partial charge on any atom is -0.348 e. The number of hydrogen-bond donors (Lipinski definition) is 1.